The van der Waals surface area contributed by atoms with Crippen LogP contribution in [0, 0.1) is 5.82 Å². The molecule has 5 heteroatoms. The lowest BCUT2D eigenvalue weighted by Gasteiger charge is -2.08. The predicted molar refractivity (Wildman–Crippen MR) is 49.1 cm³/mol. The van der Waals surface area contributed by atoms with Gasteiger partial charge in [0.05, 0.1) is 10.9 Å². The van der Waals surface area contributed by atoms with Gasteiger partial charge in [-0.2, -0.15) is 0 Å². The number of carboxylic acid groups (broad SMARTS) is 1. The molecule has 0 aromatic heterocycles. The highest BCUT2D eigenvalue weighted by Crippen LogP contribution is 2.29. The molecule has 1 aromatic rings. The largest absolute Gasteiger partial charge is 0.505 e. The zero-order valence-electron chi connectivity index (χ0n) is 7.29. The van der Waals surface area contributed by atoms with E-state index in [1.807, 2.05) is 0 Å². The molecule has 0 amide bonds. The molecule has 0 aliphatic rings. The van der Waals surface area contributed by atoms with E-state index < -0.39 is 23.5 Å². The van der Waals surface area contributed by atoms with Gasteiger partial charge in [0.25, 0.3) is 0 Å². The molecule has 1 atom stereocenters. The van der Waals surface area contributed by atoms with E-state index in [4.69, 9.17) is 21.8 Å². The number of halogens is 2. The van der Waals surface area contributed by atoms with E-state index in [1.165, 1.54) is 13.0 Å². The summed E-state index contributed by atoms with van der Waals surface area (Å²) in [7, 11) is 0. The molecular formula is C9H8ClFO3. The van der Waals surface area contributed by atoms with E-state index in [0.717, 1.165) is 6.07 Å². The normalized spacial score (nSPS) is 12.5. The minimum absolute atomic E-state index is 0.265. The number of phenols is 1. The lowest BCUT2D eigenvalue weighted by molar-refractivity contribution is -0.138. The Morgan fingerprint density at radius 1 is 1.57 bits per heavy atom. The van der Waals surface area contributed by atoms with Crippen molar-refractivity contribution in [3.63, 3.8) is 0 Å². The van der Waals surface area contributed by atoms with Crippen molar-refractivity contribution in [3.05, 3.63) is 28.5 Å². The van der Waals surface area contributed by atoms with Crippen molar-refractivity contribution in [3.8, 4) is 5.75 Å². The van der Waals surface area contributed by atoms with Crippen LogP contribution in [0.15, 0.2) is 12.1 Å². The highest BCUT2D eigenvalue weighted by atomic mass is 35.5. The summed E-state index contributed by atoms with van der Waals surface area (Å²) in [6, 6.07) is 2.25. The number of carbonyl (C=O) groups is 1. The molecular weight excluding hydrogens is 211 g/mol. The molecule has 0 bridgehead atoms. The first-order valence-corrected chi connectivity index (χ1v) is 4.22. The third-order valence-electron chi connectivity index (χ3n) is 1.90. The molecule has 76 valence electrons. The SMILES string of the molecule is CC(C(=O)O)c1cc(O)c(F)c(Cl)c1. The zero-order chi connectivity index (χ0) is 10.9. The average Bonchev–Trinajstić information content (AvgIpc) is 2.12. The summed E-state index contributed by atoms with van der Waals surface area (Å²) in [6.45, 7) is 1.42. The van der Waals surface area contributed by atoms with Gasteiger partial charge >= 0.3 is 5.97 Å². The van der Waals surface area contributed by atoms with Crippen molar-refractivity contribution >= 4 is 17.6 Å². The van der Waals surface area contributed by atoms with Crippen molar-refractivity contribution in [1.82, 2.24) is 0 Å². The van der Waals surface area contributed by atoms with Crippen LogP contribution in [0.25, 0.3) is 0 Å². The van der Waals surface area contributed by atoms with E-state index in [9.17, 15) is 9.18 Å². The number of benzene rings is 1. The van der Waals surface area contributed by atoms with E-state index in [0.29, 0.717) is 0 Å². The summed E-state index contributed by atoms with van der Waals surface area (Å²) in [5.41, 5.74) is 0.265. The van der Waals surface area contributed by atoms with Gasteiger partial charge in [0.1, 0.15) is 0 Å². The van der Waals surface area contributed by atoms with E-state index in [-0.39, 0.29) is 10.6 Å². The summed E-state index contributed by atoms with van der Waals surface area (Å²) in [5, 5.41) is 17.4. The van der Waals surface area contributed by atoms with Gasteiger partial charge in [-0.1, -0.05) is 11.6 Å². The van der Waals surface area contributed by atoms with Gasteiger partial charge in [0.2, 0.25) is 0 Å². The number of rotatable bonds is 2. The standard InChI is InChI=1S/C9H8ClFO3/c1-4(9(13)14)5-2-6(10)8(11)7(12)3-5/h2-4,12H,1H3,(H,13,14). The summed E-state index contributed by atoms with van der Waals surface area (Å²) in [5.74, 6) is -3.47. The third kappa shape index (κ3) is 1.96. The minimum Gasteiger partial charge on any atom is -0.505 e. The Hall–Kier alpha value is -1.29. The van der Waals surface area contributed by atoms with E-state index in [2.05, 4.69) is 0 Å². The zero-order valence-corrected chi connectivity index (χ0v) is 8.05. The van der Waals surface area contributed by atoms with Crippen LogP contribution in [0.2, 0.25) is 5.02 Å². The molecule has 0 aliphatic heterocycles. The number of aliphatic carboxylic acids is 1. The van der Waals surface area contributed by atoms with Crippen LogP contribution >= 0.6 is 11.6 Å². The van der Waals surface area contributed by atoms with Crippen molar-refractivity contribution in [2.45, 2.75) is 12.8 Å². The fourth-order valence-electron chi connectivity index (χ4n) is 0.988. The van der Waals surface area contributed by atoms with Crippen LogP contribution in [-0.2, 0) is 4.79 Å². The van der Waals surface area contributed by atoms with Crippen molar-refractivity contribution < 1.29 is 19.4 Å². The fraction of sp³-hybridized carbons (Fsp3) is 0.222. The Labute approximate surface area is 84.7 Å². The summed E-state index contributed by atoms with van der Waals surface area (Å²) < 4.78 is 12.8. The third-order valence-corrected chi connectivity index (χ3v) is 2.18. The molecule has 0 aliphatic carbocycles. The van der Waals surface area contributed by atoms with Crippen LogP contribution in [0.5, 0.6) is 5.75 Å². The van der Waals surface area contributed by atoms with Crippen LogP contribution < -0.4 is 0 Å². The average molecular weight is 219 g/mol. The maximum absolute atomic E-state index is 12.8. The van der Waals surface area contributed by atoms with Gasteiger partial charge in [-0.3, -0.25) is 4.79 Å². The molecule has 1 aromatic carbocycles. The molecule has 3 nitrogen and oxygen atoms in total. The van der Waals surface area contributed by atoms with Crippen LogP contribution in [-0.4, -0.2) is 16.2 Å². The lowest BCUT2D eigenvalue weighted by atomic mass is 10.0. The maximum Gasteiger partial charge on any atom is 0.310 e. The first-order chi connectivity index (χ1) is 6.43. The van der Waals surface area contributed by atoms with E-state index >= 15 is 0 Å². The second kappa shape index (κ2) is 3.84. The lowest BCUT2D eigenvalue weighted by Crippen LogP contribution is -2.07. The second-order valence-electron chi connectivity index (χ2n) is 2.90. The highest BCUT2D eigenvalue weighted by molar-refractivity contribution is 6.31. The topological polar surface area (TPSA) is 57.5 Å². The van der Waals surface area contributed by atoms with Crippen LogP contribution in [0.1, 0.15) is 18.4 Å². The molecule has 0 saturated heterocycles. The second-order valence-corrected chi connectivity index (χ2v) is 3.30. The smallest absolute Gasteiger partial charge is 0.310 e. The predicted octanol–water partition coefficient (Wildman–Crippen LogP) is 2.37. The Balaban J connectivity index is 3.19. The number of phenolic OH excluding ortho intramolecular Hbond substituents is 1. The van der Waals surface area contributed by atoms with Gasteiger partial charge in [-0.15, -0.1) is 0 Å². The first-order valence-electron chi connectivity index (χ1n) is 3.84. The Morgan fingerprint density at radius 2 is 2.14 bits per heavy atom. The summed E-state index contributed by atoms with van der Waals surface area (Å²) in [4.78, 5) is 10.6. The number of hydrogen-bond donors (Lipinski definition) is 2. The van der Waals surface area contributed by atoms with Crippen molar-refractivity contribution in [1.29, 1.82) is 0 Å². The molecule has 14 heavy (non-hydrogen) atoms. The molecule has 0 heterocycles. The first kappa shape index (κ1) is 10.8. The van der Waals surface area contributed by atoms with Gasteiger partial charge in [0.15, 0.2) is 11.6 Å². The number of aromatic hydroxyl groups is 1. The fourth-order valence-corrected chi connectivity index (χ4v) is 1.21. The summed E-state index contributed by atoms with van der Waals surface area (Å²) in [6.07, 6.45) is 0. The van der Waals surface area contributed by atoms with Crippen LogP contribution in [0.4, 0.5) is 4.39 Å². The Morgan fingerprint density at radius 3 is 2.57 bits per heavy atom. The van der Waals surface area contributed by atoms with Crippen LogP contribution in [0.3, 0.4) is 0 Å². The van der Waals surface area contributed by atoms with E-state index in [1.54, 1.807) is 0 Å². The highest BCUT2D eigenvalue weighted by Gasteiger charge is 2.17. The van der Waals surface area contributed by atoms with Gasteiger partial charge in [-0.05, 0) is 24.6 Å². The molecule has 0 spiro atoms. The van der Waals surface area contributed by atoms with Gasteiger partial charge in [0, 0.05) is 0 Å². The van der Waals surface area contributed by atoms with Crippen molar-refractivity contribution in [2.24, 2.45) is 0 Å². The molecule has 0 saturated carbocycles. The maximum atomic E-state index is 12.8. The number of hydrogen-bond acceptors (Lipinski definition) is 2. The Bertz CT molecular complexity index is 355. The van der Waals surface area contributed by atoms with Crippen molar-refractivity contribution in [2.75, 3.05) is 0 Å². The molecule has 1 rings (SSSR count). The molecule has 0 radical (unpaired) electrons. The summed E-state index contributed by atoms with van der Waals surface area (Å²) >= 11 is 5.44. The van der Waals surface area contributed by atoms with Gasteiger partial charge in [-0.25, -0.2) is 4.39 Å². The van der Waals surface area contributed by atoms with Gasteiger partial charge < -0.3 is 10.2 Å². The Kier molecular flexibility index (Phi) is 2.96. The number of carboxylic acids is 1. The minimum atomic E-state index is -1.06. The quantitative estimate of drug-likeness (QED) is 0.801. The molecule has 2 N–H and O–H groups in total. The molecule has 0 fully saturated rings. The monoisotopic (exact) mass is 218 g/mol. The molecule has 1 unspecified atom stereocenters.